The van der Waals surface area contributed by atoms with Crippen LogP contribution in [0.15, 0.2) is 53.4 Å². The molecular weight excluding hydrogens is 379 g/mol. The van der Waals surface area contributed by atoms with Crippen molar-refractivity contribution in [2.45, 2.75) is 50.0 Å². The van der Waals surface area contributed by atoms with Crippen LogP contribution in [0.4, 0.5) is 10.1 Å². The molecule has 0 spiro atoms. The maximum atomic E-state index is 13.0. The highest BCUT2D eigenvalue weighted by atomic mass is 32.2. The topological polar surface area (TPSA) is 75.3 Å². The molecule has 1 aliphatic rings. The summed E-state index contributed by atoms with van der Waals surface area (Å²) in [6, 6.07) is 11.6. The SMILES string of the molecule is CC1CCCCC1NC(=O)Cc1ccc(NS(=O)(=O)c2ccc(F)cc2)cc1. The molecule has 2 aromatic carbocycles. The summed E-state index contributed by atoms with van der Waals surface area (Å²) in [6.07, 6.45) is 4.81. The molecule has 2 unspecified atom stereocenters. The lowest BCUT2D eigenvalue weighted by Crippen LogP contribution is -2.41. The number of hydrogen-bond donors (Lipinski definition) is 2. The molecule has 1 saturated carbocycles. The van der Waals surface area contributed by atoms with Gasteiger partial charge in [0.05, 0.1) is 11.3 Å². The van der Waals surface area contributed by atoms with Gasteiger partial charge in [0, 0.05) is 11.7 Å². The number of nitrogens with one attached hydrogen (secondary N) is 2. The zero-order valence-corrected chi connectivity index (χ0v) is 16.6. The molecule has 0 aromatic heterocycles. The van der Waals surface area contributed by atoms with Crippen LogP contribution in [0.1, 0.15) is 38.2 Å². The van der Waals surface area contributed by atoms with E-state index in [-0.39, 0.29) is 23.3 Å². The second-order valence-corrected chi connectivity index (χ2v) is 9.05. The maximum Gasteiger partial charge on any atom is 0.261 e. The molecule has 28 heavy (non-hydrogen) atoms. The average Bonchev–Trinajstić information content (AvgIpc) is 2.65. The summed E-state index contributed by atoms with van der Waals surface area (Å²) in [4.78, 5) is 12.3. The molecule has 0 radical (unpaired) electrons. The lowest BCUT2D eigenvalue weighted by Gasteiger charge is -2.29. The molecule has 3 rings (SSSR count). The second-order valence-electron chi connectivity index (χ2n) is 7.37. The molecule has 0 heterocycles. The Kier molecular flexibility index (Phi) is 6.34. The van der Waals surface area contributed by atoms with Crippen molar-refractivity contribution >= 4 is 21.6 Å². The van der Waals surface area contributed by atoms with Gasteiger partial charge in [0.25, 0.3) is 10.0 Å². The van der Waals surface area contributed by atoms with Gasteiger partial charge in [0.1, 0.15) is 5.82 Å². The van der Waals surface area contributed by atoms with Gasteiger partial charge >= 0.3 is 0 Å². The van der Waals surface area contributed by atoms with Crippen LogP contribution in [0.3, 0.4) is 0 Å². The van der Waals surface area contributed by atoms with E-state index in [0.717, 1.165) is 37.0 Å². The highest BCUT2D eigenvalue weighted by molar-refractivity contribution is 7.92. The van der Waals surface area contributed by atoms with Gasteiger partial charge in [-0.25, -0.2) is 12.8 Å². The number of rotatable bonds is 6. The maximum absolute atomic E-state index is 13.0. The van der Waals surface area contributed by atoms with E-state index in [1.807, 2.05) is 0 Å². The molecule has 0 aliphatic heterocycles. The normalized spacial score (nSPS) is 19.8. The summed E-state index contributed by atoms with van der Waals surface area (Å²) >= 11 is 0. The summed E-state index contributed by atoms with van der Waals surface area (Å²) in [5.74, 6) is -0.0106. The summed E-state index contributed by atoms with van der Waals surface area (Å²) in [5, 5.41) is 3.11. The quantitative estimate of drug-likeness (QED) is 0.768. The van der Waals surface area contributed by atoms with Crippen molar-refractivity contribution in [2.24, 2.45) is 5.92 Å². The lowest BCUT2D eigenvalue weighted by atomic mass is 9.86. The van der Waals surface area contributed by atoms with Gasteiger partial charge < -0.3 is 5.32 Å². The van der Waals surface area contributed by atoms with E-state index in [1.165, 1.54) is 18.6 Å². The van der Waals surface area contributed by atoms with Crippen LogP contribution in [0.25, 0.3) is 0 Å². The predicted octanol–water partition coefficient (Wildman–Crippen LogP) is 3.86. The van der Waals surface area contributed by atoms with Gasteiger partial charge in [-0.2, -0.15) is 0 Å². The van der Waals surface area contributed by atoms with Gasteiger partial charge in [-0.3, -0.25) is 9.52 Å². The van der Waals surface area contributed by atoms with E-state index in [4.69, 9.17) is 0 Å². The van der Waals surface area contributed by atoms with Crippen molar-refractivity contribution in [3.63, 3.8) is 0 Å². The number of carbonyl (C=O) groups excluding carboxylic acids is 1. The molecule has 2 N–H and O–H groups in total. The fraction of sp³-hybridized carbons (Fsp3) is 0.381. The van der Waals surface area contributed by atoms with Crippen molar-refractivity contribution in [3.05, 3.63) is 59.9 Å². The van der Waals surface area contributed by atoms with E-state index in [9.17, 15) is 17.6 Å². The second kappa shape index (κ2) is 8.73. The Bertz CT molecular complexity index is 912. The Morgan fingerprint density at radius 2 is 1.68 bits per heavy atom. The van der Waals surface area contributed by atoms with Crippen molar-refractivity contribution in [1.29, 1.82) is 0 Å². The third kappa shape index (κ3) is 5.32. The Hall–Kier alpha value is -2.41. The van der Waals surface area contributed by atoms with Crippen LogP contribution in [-0.2, 0) is 21.2 Å². The van der Waals surface area contributed by atoms with E-state index in [1.54, 1.807) is 24.3 Å². The molecule has 7 heteroatoms. The van der Waals surface area contributed by atoms with Gasteiger partial charge in [0.2, 0.25) is 5.91 Å². The third-order valence-electron chi connectivity index (χ3n) is 5.15. The van der Waals surface area contributed by atoms with Gasteiger partial charge in [-0.1, -0.05) is 31.9 Å². The first-order valence-corrected chi connectivity index (χ1v) is 11.0. The number of benzene rings is 2. The van der Waals surface area contributed by atoms with E-state index < -0.39 is 15.8 Å². The minimum absolute atomic E-state index is 0.0149. The molecule has 1 aliphatic carbocycles. The zero-order chi connectivity index (χ0) is 20.1. The Labute approximate surface area is 165 Å². The first kappa shape index (κ1) is 20.3. The zero-order valence-electron chi connectivity index (χ0n) is 15.8. The molecular formula is C21H25FN2O3S. The molecule has 150 valence electrons. The lowest BCUT2D eigenvalue weighted by molar-refractivity contribution is -0.121. The van der Waals surface area contributed by atoms with Crippen LogP contribution >= 0.6 is 0 Å². The van der Waals surface area contributed by atoms with Crippen molar-refractivity contribution < 1.29 is 17.6 Å². The van der Waals surface area contributed by atoms with Gasteiger partial charge in [-0.05, 0) is 60.7 Å². The molecule has 2 atom stereocenters. The number of sulfonamides is 1. The van der Waals surface area contributed by atoms with Crippen molar-refractivity contribution in [1.82, 2.24) is 5.32 Å². The summed E-state index contributed by atoms with van der Waals surface area (Å²) < 4.78 is 40.1. The highest BCUT2D eigenvalue weighted by Gasteiger charge is 2.22. The third-order valence-corrected chi connectivity index (χ3v) is 6.55. The van der Waals surface area contributed by atoms with Crippen LogP contribution in [0, 0.1) is 11.7 Å². The van der Waals surface area contributed by atoms with Crippen LogP contribution in [0.2, 0.25) is 0 Å². The molecule has 0 bridgehead atoms. The molecule has 0 saturated heterocycles. The summed E-state index contributed by atoms with van der Waals surface area (Å²) in [6.45, 7) is 2.17. The fourth-order valence-corrected chi connectivity index (χ4v) is 4.55. The standard InChI is InChI=1S/C21H25FN2O3S/c1-15-4-2-3-5-20(15)23-21(25)14-16-6-10-18(11-7-16)24-28(26,27)19-12-8-17(22)9-13-19/h6-13,15,20,24H,2-5,14H2,1H3,(H,23,25). The monoisotopic (exact) mass is 404 g/mol. The summed E-state index contributed by atoms with van der Waals surface area (Å²) in [5.41, 5.74) is 1.19. The largest absolute Gasteiger partial charge is 0.353 e. The summed E-state index contributed by atoms with van der Waals surface area (Å²) in [7, 11) is -3.79. The average molecular weight is 405 g/mol. The fourth-order valence-electron chi connectivity index (χ4n) is 3.49. The Balaban J connectivity index is 1.58. The van der Waals surface area contributed by atoms with Gasteiger partial charge in [0.15, 0.2) is 0 Å². The van der Waals surface area contributed by atoms with E-state index >= 15 is 0 Å². The first-order chi connectivity index (χ1) is 13.3. The minimum atomic E-state index is -3.79. The smallest absolute Gasteiger partial charge is 0.261 e. The highest BCUT2D eigenvalue weighted by Crippen LogP contribution is 2.24. The molecule has 1 amide bonds. The van der Waals surface area contributed by atoms with Crippen molar-refractivity contribution in [3.8, 4) is 0 Å². The number of hydrogen-bond acceptors (Lipinski definition) is 3. The van der Waals surface area contributed by atoms with Gasteiger partial charge in [-0.15, -0.1) is 0 Å². The molecule has 2 aromatic rings. The van der Waals surface area contributed by atoms with Crippen LogP contribution in [-0.4, -0.2) is 20.4 Å². The number of carbonyl (C=O) groups is 1. The minimum Gasteiger partial charge on any atom is -0.353 e. The van der Waals surface area contributed by atoms with Crippen molar-refractivity contribution in [2.75, 3.05) is 4.72 Å². The number of halogens is 1. The van der Waals surface area contributed by atoms with Crippen LogP contribution < -0.4 is 10.0 Å². The van der Waals surface area contributed by atoms with E-state index in [2.05, 4.69) is 17.0 Å². The predicted molar refractivity (Wildman–Crippen MR) is 107 cm³/mol. The Morgan fingerprint density at radius 1 is 1.04 bits per heavy atom. The number of anilines is 1. The van der Waals surface area contributed by atoms with E-state index in [0.29, 0.717) is 11.6 Å². The number of amides is 1. The van der Waals surface area contributed by atoms with Crippen LogP contribution in [0.5, 0.6) is 0 Å². The molecule has 5 nitrogen and oxygen atoms in total. The Morgan fingerprint density at radius 3 is 2.32 bits per heavy atom. The molecule has 1 fully saturated rings. The first-order valence-electron chi connectivity index (χ1n) is 9.50.